The average molecular weight is 373 g/mol. The van der Waals surface area contributed by atoms with Gasteiger partial charge in [0.1, 0.15) is 30.8 Å². The maximum atomic E-state index is 9.36. The lowest BCUT2D eigenvalue weighted by Crippen LogP contribution is -2.35. The predicted molar refractivity (Wildman–Crippen MR) is 103 cm³/mol. The van der Waals surface area contributed by atoms with Gasteiger partial charge in [-0.15, -0.1) is 0 Å². The van der Waals surface area contributed by atoms with Crippen molar-refractivity contribution in [2.75, 3.05) is 37.8 Å². The van der Waals surface area contributed by atoms with E-state index in [1.165, 1.54) is 0 Å². The number of para-hydroxylation sites is 2. The van der Waals surface area contributed by atoms with Crippen molar-refractivity contribution in [1.29, 1.82) is 0 Å². The fraction of sp³-hybridized carbons (Fsp3) is 0.429. The number of fused-ring (bicyclic) bond motifs is 1. The Hall–Kier alpha value is -2.28. The summed E-state index contributed by atoms with van der Waals surface area (Å²) < 4.78 is 16.9. The molecule has 0 aliphatic carbocycles. The van der Waals surface area contributed by atoms with Gasteiger partial charge in [0.15, 0.2) is 6.29 Å². The quantitative estimate of drug-likeness (QED) is 0.657. The van der Waals surface area contributed by atoms with Crippen LogP contribution in [0.5, 0.6) is 11.5 Å². The van der Waals surface area contributed by atoms with Crippen molar-refractivity contribution < 1.29 is 24.4 Å². The second-order valence-corrected chi connectivity index (χ2v) is 6.41. The normalized spacial score (nSPS) is 14.6. The minimum Gasteiger partial charge on any atom is -0.492 e. The molecule has 2 aromatic carbocycles. The van der Waals surface area contributed by atoms with Gasteiger partial charge in [0.2, 0.25) is 0 Å². The molecule has 3 rings (SSSR count). The van der Waals surface area contributed by atoms with E-state index in [-0.39, 0.29) is 0 Å². The molecule has 0 fully saturated rings. The summed E-state index contributed by atoms with van der Waals surface area (Å²) in [5, 5.41) is 18.7. The smallest absolute Gasteiger partial charge is 0.178 e. The molecule has 6 nitrogen and oxygen atoms in total. The first-order valence-electron chi connectivity index (χ1n) is 9.33. The molecule has 0 saturated carbocycles. The molecule has 0 aromatic heterocycles. The highest BCUT2D eigenvalue weighted by molar-refractivity contribution is 5.59. The Morgan fingerprint density at radius 3 is 2.63 bits per heavy atom. The number of ether oxygens (including phenoxy) is 3. The maximum Gasteiger partial charge on any atom is 0.178 e. The van der Waals surface area contributed by atoms with Crippen LogP contribution in [0.15, 0.2) is 48.5 Å². The Labute approximate surface area is 159 Å². The number of hydrogen-bond donors (Lipinski definition) is 2. The van der Waals surface area contributed by atoms with Crippen LogP contribution in [-0.4, -0.2) is 55.5 Å². The van der Waals surface area contributed by atoms with Gasteiger partial charge in [0.05, 0.1) is 18.8 Å². The molecule has 1 aliphatic rings. The maximum absolute atomic E-state index is 9.36. The fourth-order valence-electron chi connectivity index (χ4n) is 3.15. The van der Waals surface area contributed by atoms with E-state index >= 15 is 0 Å². The van der Waals surface area contributed by atoms with Gasteiger partial charge in [0, 0.05) is 13.0 Å². The van der Waals surface area contributed by atoms with E-state index in [1.54, 1.807) is 0 Å². The molecule has 0 spiro atoms. The van der Waals surface area contributed by atoms with Crippen molar-refractivity contribution in [1.82, 2.24) is 0 Å². The van der Waals surface area contributed by atoms with E-state index in [2.05, 4.69) is 11.0 Å². The standard InChI is InChI=1S/C21H27NO5/c1-2-25-20(21(23)24)15-16-7-9-17(10-8-16)26-13-11-22-12-14-27-19-6-4-3-5-18(19)22/h3-10,20-21,23-24H,2,11-15H2,1H3/t20-/m0/s1. The van der Waals surface area contributed by atoms with Crippen LogP contribution in [0.1, 0.15) is 12.5 Å². The summed E-state index contributed by atoms with van der Waals surface area (Å²) in [4.78, 5) is 2.27. The molecule has 0 bridgehead atoms. The fourth-order valence-corrected chi connectivity index (χ4v) is 3.15. The zero-order chi connectivity index (χ0) is 19.1. The molecule has 146 valence electrons. The van der Waals surface area contributed by atoms with Gasteiger partial charge >= 0.3 is 0 Å². The molecular formula is C21H27NO5. The van der Waals surface area contributed by atoms with Gasteiger partial charge in [-0.05, 0) is 36.8 Å². The Morgan fingerprint density at radius 1 is 1.11 bits per heavy atom. The lowest BCUT2D eigenvalue weighted by atomic mass is 10.1. The van der Waals surface area contributed by atoms with Crippen LogP contribution in [0.2, 0.25) is 0 Å². The highest BCUT2D eigenvalue weighted by Gasteiger charge is 2.18. The number of benzene rings is 2. The zero-order valence-electron chi connectivity index (χ0n) is 15.6. The Balaban J connectivity index is 1.49. The molecule has 6 heteroatoms. The third-order valence-electron chi connectivity index (χ3n) is 4.53. The van der Waals surface area contributed by atoms with Gasteiger partial charge in [-0.3, -0.25) is 0 Å². The van der Waals surface area contributed by atoms with E-state index in [0.717, 1.165) is 35.8 Å². The average Bonchev–Trinajstić information content (AvgIpc) is 2.69. The van der Waals surface area contributed by atoms with E-state index in [9.17, 15) is 10.2 Å². The summed E-state index contributed by atoms with van der Waals surface area (Å²) in [7, 11) is 0. The number of aliphatic hydroxyl groups is 2. The summed E-state index contributed by atoms with van der Waals surface area (Å²) in [5.74, 6) is 1.71. The number of anilines is 1. The second-order valence-electron chi connectivity index (χ2n) is 6.41. The summed E-state index contributed by atoms with van der Waals surface area (Å²) in [6.07, 6.45) is -1.67. The minimum absolute atomic E-state index is 0.439. The monoisotopic (exact) mass is 373 g/mol. The highest BCUT2D eigenvalue weighted by atomic mass is 16.6. The van der Waals surface area contributed by atoms with Crippen LogP contribution in [0.3, 0.4) is 0 Å². The molecular weight excluding hydrogens is 346 g/mol. The first kappa shape index (κ1) is 19.5. The zero-order valence-corrected chi connectivity index (χ0v) is 15.6. The number of hydrogen-bond acceptors (Lipinski definition) is 6. The minimum atomic E-state index is -1.49. The van der Waals surface area contributed by atoms with Crippen LogP contribution < -0.4 is 14.4 Å². The van der Waals surface area contributed by atoms with Gasteiger partial charge in [0.25, 0.3) is 0 Å². The molecule has 2 N–H and O–H groups in total. The second kappa shape index (κ2) is 9.60. The van der Waals surface area contributed by atoms with Crippen molar-refractivity contribution in [3.8, 4) is 11.5 Å². The summed E-state index contributed by atoms with van der Waals surface area (Å²) in [6.45, 7) is 5.16. The molecule has 0 saturated heterocycles. The Bertz CT molecular complexity index is 704. The molecule has 0 amide bonds. The first-order valence-corrected chi connectivity index (χ1v) is 9.33. The van der Waals surface area contributed by atoms with Crippen LogP contribution >= 0.6 is 0 Å². The highest BCUT2D eigenvalue weighted by Crippen LogP contribution is 2.30. The van der Waals surface area contributed by atoms with Gasteiger partial charge in [-0.2, -0.15) is 0 Å². The topological polar surface area (TPSA) is 71.4 Å². The van der Waals surface area contributed by atoms with Crippen molar-refractivity contribution in [2.24, 2.45) is 0 Å². The summed E-state index contributed by atoms with van der Waals surface area (Å²) in [5.41, 5.74) is 2.07. The molecule has 1 aliphatic heterocycles. The number of nitrogens with zero attached hydrogens (tertiary/aromatic N) is 1. The SMILES string of the molecule is CCO[C@@H](Cc1ccc(OCCN2CCOc3ccccc32)cc1)C(O)O. The lowest BCUT2D eigenvalue weighted by molar-refractivity contribution is -0.142. The van der Waals surface area contributed by atoms with Crippen molar-refractivity contribution in [3.05, 3.63) is 54.1 Å². The molecule has 2 aromatic rings. The van der Waals surface area contributed by atoms with E-state index in [1.807, 2.05) is 49.4 Å². The number of rotatable bonds is 9. The van der Waals surface area contributed by atoms with E-state index in [4.69, 9.17) is 14.2 Å². The van der Waals surface area contributed by atoms with Crippen molar-refractivity contribution in [3.63, 3.8) is 0 Å². The van der Waals surface area contributed by atoms with Crippen LogP contribution in [0.4, 0.5) is 5.69 Å². The summed E-state index contributed by atoms with van der Waals surface area (Å²) >= 11 is 0. The molecule has 0 radical (unpaired) electrons. The lowest BCUT2D eigenvalue weighted by Gasteiger charge is -2.31. The summed E-state index contributed by atoms with van der Waals surface area (Å²) in [6, 6.07) is 15.7. The van der Waals surface area contributed by atoms with Crippen molar-refractivity contribution in [2.45, 2.75) is 25.7 Å². The molecule has 1 atom stereocenters. The Kier molecular flexibility index (Phi) is 6.92. The first-order chi connectivity index (χ1) is 13.2. The van der Waals surface area contributed by atoms with Crippen molar-refractivity contribution >= 4 is 5.69 Å². The van der Waals surface area contributed by atoms with Crippen LogP contribution in [0.25, 0.3) is 0 Å². The predicted octanol–water partition coefficient (Wildman–Crippen LogP) is 2.22. The van der Waals surface area contributed by atoms with Crippen LogP contribution in [0, 0.1) is 0 Å². The van der Waals surface area contributed by atoms with Gasteiger partial charge in [-0.1, -0.05) is 24.3 Å². The van der Waals surface area contributed by atoms with E-state index in [0.29, 0.717) is 26.2 Å². The third-order valence-corrected chi connectivity index (χ3v) is 4.53. The van der Waals surface area contributed by atoms with Crippen LogP contribution in [-0.2, 0) is 11.2 Å². The van der Waals surface area contributed by atoms with E-state index < -0.39 is 12.4 Å². The van der Waals surface area contributed by atoms with Gasteiger partial charge < -0.3 is 29.3 Å². The number of aliphatic hydroxyl groups excluding tert-OH is 1. The third kappa shape index (κ3) is 5.35. The molecule has 27 heavy (non-hydrogen) atoms. The molecule has 1 heterocycles. The largest absolute Gasteiger partial charge is 0.492 e. The molecule has 0 unspecified atom stereocenters. The Morgan fingerprint density at radius 2 is 1.89 bits per heavy atom. The van der Waals surface area contributed by atoms with Gasteiger partial charge in [-0.25, -0.2) is 0 Å².